The molecule has 1 fully saturated rings. The second kappa shape index (κ2) is 10.5. The highest BCUT2D eigenvalue weighted by atomic mass is 15.2. The number of hydrogen-bond acceptors (Lipinski definition) is 6. The van der Waals surface area contributed by atoms with Gasteiger partial charge in [-0.2, -0.15) is 0 Å². The average Bonchev–Trinajstić information content (AvgIpc) is 3.30. The Morgan fingerprint density at radius 2 is 1.83 bits per heavy atom. The van der Waals surface area contributed by atoms with Crippen LogP contribution in [0.4, 0.5) is 11.4 Å². The van der Waals surface area contributed by atoms with Gasteiger partial charge in [-0.3, -0.25) is 0 Å². The van der Waals surface area contributed by atoms with E-state index >= 15 is 0 Å². The van der Waals surface area contributed by atoms with Gasteiger partial charge in [-0.1, -0.05) is 30.8 Å². The molecular formula is C28H35N7. The van der Waals surface area contributed by atoms with Gasteiger partial charge in [-0.25, -0.2) is 4.99 Å². The summed E-state index contributed by atoms with van der Waals surface area (Å²) in [6, 6.07) is 19.5. The van der Waals surface area contributed by atoms with Crippen LogP contribution in [-0.4, -0.2) is 56.2 Å². The van der Waals surface area contributed by atoms with Crippen LogP contribution in [0.1, 0.15) is 12.0 Å². The summed E-state index contributed by atoms with van der Waals surface area (Å²) in [6.07, 6.45) is 3.10. The normalized spacial score (nSPS) is 16.1. The number of piperazine rings is 1. The number of aromatic amines is 1. The Morgan fingerprint density at radius 3 is 2.60 bits per heavy atom. The smallest absolute Gasteiger partial charge is 0.141 e. The van der Waals surface area contributed by atoms with Crippen LogP contribution in [0.25, 0.3) is 17.5 Å². The fourth-order valence-corrected chi connectivity index (χ4v) is 4.60. The average molecular weight is 470 g/mol. The maximum Gasteiger partial charge on any atom is 0.141 e. The third-order valence-corrected chi connectivity index (χ3v) is 6.74. The monoisotopic (exact) mass is 469 g/mol. The molecule has 0 bridgehead atoms. The number of nitrogens with one attached hydrogen (secondary N) is 2. The molecule has 1 saturated heterocycles. The van der Waals surface area contributed by atoms with Crippen molar-refractivity contribution in [2.24, 2.45) is 10.7 Å². The number of hydrogen-bond donors (Lipinski definition) is 3. The molecule has 0 atom stereocenters. The molecular weight excluding hydrogens is 434 g/mol. The molecule has 4 N–H and O–H groups in total. The van der Waals surface area contributed by atoms with Crippen molar-refractivity contribution in [2.45, 2.75) is 13.0 Å². The molecule has 0 amide bonds. The number of nitrogens with two attached hydrogens (primary N) is 1. The van der Waals surface area contributed by atoms with Gasteiger partial charge in [-0.05, 0) is 62.5 Å². The number of rotatable bonds is 8. The molecule has 0 aliphatic carbocycles. The Hall–Kier alpha value is -3.39. The van der Waals surface area contributed by atoms with Gasteiger partial charge < -0.3 is 30.7 Å². The maximum absolute atomic E-state index is 5.56. The zero-order valence-corrected chi connectivity index (χ0v) is 20.5. The zero-order valence-electron chi connectivity index (χ0n) is 20.5. The number of likely N-dealkylation sites (N-methyl/N-ethyl adjacent to an activating group) is 1. The van der Waals surface area contributed by atoms with Crippen LogP contribution in [0.2, 0.25) is 0 Å². The number of H-pyrrole nitrogens is 1. The second-order valence-electron chi connectivity index (χ2n) is 9.34. The number of fused-ring (bicyclic) bond motifs is 1. The van der Waals surface area contributed by atoms with Crippen molar-refractivity contribution in [3.05, 3.63) is 83.3 Å². The molecule has 7 heteroatoms. The van der Waals surface area contributed by atoms with Gasteiger partial charge in [0.1, 0.15) is 11.3 Å². The Bertz CT molecular complexity index is 1280. The Balaban J connectivity index is 1.35. The highest BCUT2D eigenvalue weighted by molar-refractivity contribution is 5.69. The molecule has 2 aromatic carbocycles. The van der Waals surface area contributed by atoms with Crippen LogP contribution in [0.15, 0.2) is 72.0 Å². The van der Waals surface area contributed by atoms with Gasteiger partial charge >= 0.3 is 0 Å². The molecule has 0 radical (unpaired) electrons. The fourth-order valence-electron chi connectivity index (χ4n) is 4.60. The van der Waals surface area contributed by atoms with Gasteiger partial charge in [0.25, 0.3) is 0 Å². The lowest BCUT2D eigenvalue weighted by Crippen LogP contribution is -2.44. The minimum Gasteiger partial charge on any atom is -0.369 e. The van der Waals surface area contributed by atoms with Crippen LogP contribution in [-0.2, 0) is 6.54 Å². The third kappa shape index (κ3) is 5.32. The highest BCUT2D eigenvalue weighted by Gasteiger charge is 2.16. The summed E-state index contributed by atoms with van der Waals surface area (Å²) in [5, 5.41) is 4.48. The molecule has 2 aliphatic rings. The fraction of sp³-hybridized carbons (Fsp3) is 0.321. The summed E-state index contributed by atoms with van der Waals surface area (Å²) in [5.74, 6) is 0.700. The van der Waals surface area contributed by atoms with Crippen molar-refractivity contribution in [3.63, 3.8) is 0 Å². The maximum atomic E-state index is 5.56. The van der Waals surface area contributed by atoms with Gasteiger partial charge in [0, 0.05) is 66.8 Å². The lowest BCUT2D eigenvalue weighted by molar-refractivity contribution is 0.313. The molecule has 2 aliphatic heterocycles. The molecule has 35 heavy (non-hydrogen) atoms. The molecule has 3 heterocycles. The topological polar surface area (TPSA) is 75.9 Å². The van der Waals surface area contributed by atoms with E-state index in [1.165, 1.54) is 16.8 Å². The van der Waals surface area contributed by atoms with E-state index in [4.69, 9.17) is 10.7 Å². The van der Waals surface area contributed by atoms with Crippen LogP contribution >= 0.6 is 0 Å². The van der Waals surface area contributed by atoms with E-state index in [1.807, 2.05) is 4.90 Å². The molecule has 0 saturated carbocycles. The minimum atomic E-state index is 0.700. The van der Waals surface area contributed by atoms with E-state index in [-0.39, 0.29) is 0 Å². The Labute approximate surface area is 207 Å². The van der Waals surface area contributed by atoms with Crippen molar-refractivity contribution < 1.29 is 0 Å². The first kappa shape index (κ1) is 23.4. The lowest BCUT2D eigenvalue weighted by atomic mass is 10.1. The molecule has 182 valence electrons. The first-order chi connectivity index (χ1) is 17.1. The van der Waals surface area contributed by atoms with E-state index in [9.17, 15) is 0 Å². The van der Waals surface area contributed by atoms with Crippen LogP contribution in [0, 0.1) is 0 Å². The third-order valence-electron chi connectivity index (χ3n) is 6.74. The van der Waals surface area contributed by atoms with Crippen molar-refractivity contribution in [1.29, 1.82) is 0 Å². The number of benzene rings is 2. The largest absolute Gasteiger partial charge is 0.369 e. The van der Waals surface area contributed by atoms with E-state index in [0.717, 1.165) is 67.8 Å². The number of anilines is 2. The first-order valence-corrected chi connectivity index (χ1v) is 12.4. The minimum absolute atomic E-state index is 0.700. The number of aromatic nitrogens is 1. The first-order valence-electron chi connectivity index (χ1n) is 12.4. The van der Waals surface area contributed by atoms with Crippen LogP contribution < -0.4 is 31.6 Å². The summed E-state index contributed by atoms with van der Waals surface area (Å²) in [5.41, 5.74) is 12.2. The molecule has 0 spiro atoms. The lowest BCUT2D eigenvalue weighted by Gasteiger charge is -2.34. The molecule has 0 unspecified atom stereocenters. The molecule has 3 aromatic rings. The Morgan fingerprint density at radius 1 is 1.03 bits per heavy atom. The van der Waals surface area contributed by atoms with Gasteiger partial charge in [-0.15, -0.1) is 0 Å². The summed E-state index contributed by atoms with van der Waals surface area (Å²) < 4.78 is 0. The van der Waals surface area contributed by atoms with Gasteiger partial charge in [0.2, 0.25) is 0 Å². The summed E-state index contributed by atoms with van der Waals surface area (Å²) in [6.45, 7) is 11.0. The SMILES string of the molecule is C=C1N=c2[nH]c(-c3cccc(N4CCN(C)CC4)c3)cc2=CN1c1ccc(CNCCCN)cc1. The zero-order chi connectivity index (χ0) is 24.2. The van der Waals surface area contributed by atoms with Gasteiger partial charge in [0.05, 0.1) is 0 Å². The molecule has 5 rings (SSSR count). The predicted octanol–water partition coefficient (Wildman–Crippen LogP) is 2.22. The van der Waals surface area contributed by atoms with Gasteiger partial charge in [0.15, 0.2) is 0 Å². The van der Waals surface area contributed by atoms with Crippen molar-refractivity contribution >= 4 is 17.6 Å². The number of nitrogens with zero attached hydrogens (tertiary/aromatic N) is 4. The standard InChI is InChI=1S/C28H35N7/c1-21-31-28-24(20-35(21)25-9-7-22(8-10-25)19-30-12-4-11-29)18-27(32-28)23-5-3-6-26(17-23)34-15-13-33(2)14-16-34/h3,5-10,17-18,20,30H,1,4,11-16,19,29H2,2H3,(H,31,32). The quantitative estimate of drug-likeness (QED) is 0.441. The predicted molar refractivity (Wildman–Crippen MR) is 145 cm³/mol. The van der Waals surface area contributed by atoms with E-state index in [0.29, 0.717) is 12.4 Å². The summed E-state index contributed by atoms with van der Waals surface area (Å²) in [4.78, 5) is 15.2. The van der Waals surface area contributed by atoms with Crippen LogP contribution in [0.3, 0.4) is 0 Å². The highest BCUT2D eigenvalue weighted by Crippen LogP contribution is 2.25. The van der Waals surface area contributed by atoms with Crippen LogP contribution in [0.5, 0.6) is 0 Å². The molecule has 7 nitrogen and oxygen atoms in total. The van der Waals surface area contributed by atoms with Crippen molar-refractivity contribution in [1.82, 2.24) is 15.2 Å². The second-order valence-corrected chi connectivity index (χ2v) is 9.34. The van der Waals surface area contributed by atoms with E-state index < -0.39 is 0 Å². The molecule has 1 aromatic heterocycles. The summed E-state index contributed by atoms with van der Waals surface area (Å²) >= 11 is 0. The summed E-state index contributed by atoms with van der Waals surface area (Å²) in [7, 11) is 2.19. The van der Waals surface area contributed by atoms with E-state index in [2.05, 4.69) is 94.5 Å². The van der Waals surface area contributed by atoms with Crippen molar-refractivity contribution in [2.75, 3.05) is 56.1 Å². The Kier molecular flexibility index (Phi) is 6.99. The van der Waals surface area contributed by atoms with E-state index in [1.54, 1.807) is 0 Å². The van der Waals surface area contributed by atoms with Crippen molar-refractivity contribution in [3.8, 4) is 11.3 Å².